The topological polar surface area (TPSA) is 85.4 Å². The molecule has 0 aliphatic carbocycles. The summed E-state index contributed by atoms with van der Waals surface area (Å²) in [6.45, 7) is 5.99. The summed E-state index contributed by atoms with van der Waals surface area (Å²) in [5, 5.41) is 3.99. The lowest BCUT2D eigenvalue weighted by atomic mass is 10.2. The molecule has 0 bridgehead atoms. The third-order valence-electron chi connectivity index (χ3n) is 6.06. The monoisotopic (exact) mass is 484 g/mol. The van der Waals surface area contributed by atoms with Crippen LogP contribution in [0.4, 0.5) is 5.13 Å². The van der Waals surface area contributed by atoms with Gasteiger partial charge in [-0.05, 0) is 30.3 Å². The fourth-order valence-corrected chi connectivity index (χ4v) is 5.31. The molecule has 2 aliphatic rings. The second-order valence-electron chi connectivity index (χ2n) is 8.09. The minimum atomic E-state index is -0.104. The van der Waals surface area contributed by atoms with Crippen LogP contribution in [0.5, 0.6) is 23.0 Å². The molecule has 0 saturated carbocycles. The summed E-state index contributed by atoms with van der Waals surface area (Å²) in [7, 11) is 3.33. The van der Waals surface area contributed by atoms with Gasteiger partial charge in [0.25, 0.3) is 5.91 Å². The summed E-state index contributed by atoms with van der Waals surface area (Å²) in [6, 6.07) is 9.10. The van der Waals surface area contributed by atoms with Gasteiger partial charge in [0.15, 0.2) is 16.6 Å². The second-order valence-corrected chi connectivity index (χ2v) is 9.06. The molecule has 1 saturated heterocycles. The number of fused-ring (bicyclic) bond motifs is 2. The van der Waals surface area contributed by atoms with Crippen molar-refractivity contribution in [1.82, 2.24) is 15.2 Å². The molecular weight excluding hydrogens is 456 g/mol. The molecule has 10 heteroatoms. The van der Waals surface area contributed by atoms with Crippen molar-refractivity contribution in [3.05, 3.63) is 35.9 Å². The van der Waals surface area contributed by atoms with Crippen LogP contribution in [0.25, 0.3) is 10.2 Å². The zero-order valence-corrected chi connectivity index (χ0v) is 20.2. The summed E-state index contributed by atoms with van der Waals surface area (Å²) < 4.78 is 23.1. The van der Waals surface area contributed by atoms with E-state index in [1.807, 2.05) is 12.1 Å². The highest BCUT2D eigenvalue weighted by Crippen LogP contribution is 2.40. The van der Waals surface area contributed by atoms with Crippen molar-refractivity contribution in [2.75, 3.05) is 71.6 Å². The molecule has 180 valence electrons. The number of anilines is 1. The molecule has 3 aromatic rings. The van der Waals surface area contributed by atoms with Crippen molar-refractivity contribution in [3.8, 4) is 23.0 Å². The number of hydrogen-bond acceptors (Lipinski definition) is 9. The Balaban J connectivity index is 1.13. The number of ether oxygens (including phenoxy) is 4. The first-order chi connectivity index (χ1) is 16.7. The number of aromatic nitrogens is 1. The Bertz CT molecular complexity index is 1130. The fourth-order valence-electron chi connectivity index (χ4n) is 4.19. The minimum Gasteiger partial charge on any atom is -0.495 e. The SMILES string of the molecule is COc1ccc(OC)c2sc(N3CCN(CCNC(=O)c4ccc5c(c4)OCCO5)CC3)nc12. The zero-order valence-electron chi connectivity index (χ0n) is 19.3. The first-order valence-corrected chi connectivity index (χ1v) is 12.1. The molecule has 0 atom stereocenters. The summed E-state index contributed by atoms with van der Waals surface area (Å²) in [5.74, 6) is 2.77. The van der Waals surface area contributed by atoms with Crippen LogP contribution in [-0.2, 0) is 0 Å². The van der Waals surface area contributed by atoms with Gasteiger partial charge in [0.2, 0.25) is 0 Å². The Morgan fingerprint density at radius 3 is 2.53 bits per heavy atom. The van der Waals surface area contributed by atoms with Crippen molar-refractivity contribution >= 4 is 32.6 Å². The van der Waals surface area contributed by atoms with Gasteiger partial charge < -0.3 is 29.2 Å². The maximum atomic E-state index is 12.5. The molecule has 5 rings (SSSR count). The van der Waals surface area contributed by atoms with E-state index in [2.05, 4.69) is 15.1 Å². The smallest absolute Gasteiger partial charge is 0.251 e. The van der Waals surface area contributed by atoms with Gasteiger partial charge in [0, 0.05) is 44.8 Å². The van der Waals surface area contributed by atoms with Crippen LogP contribution >= 0.6 is 11.3 Å². The van der Waals surface area contributed by atoms with Crippen molar-refractivity contribution in [2.45, 2.75) is 0 Å². The highest BCUT2D eigenvalue weighted by atomic mass is 32.1. The fraction of sp³-hybridized carbons (Fsp3) is 0.417. The van der Waals surface area contributed by atoms with E-state index in [1.165, 1.54) is 0 Å². The molecule has 1 amide bonds. The van der Waals surface area contributed by atoms with Crippen molar-refractivity contribution in [3.63, 3.8) is 0 Å². The van der Waals surface area contributed by atoms with Crippen LogP contribution in [0, 0.1) is 0 Å². The first kappa shape index (κ1) is 22.5. The first-order valence-electron chi connectivity index (χ1n) is 11.3. The number of carbonyl (C=O) groups is 1. The lowest BCUT2D eigenvalue weighted by Gasteiger charge is -2.34. The normalized spacial score (nSPS) is 15.9. The maximum absolute atomic E-state index is 12.5. The molecule has 1 fully saturated rings. The Kier molecular flexibility index (Phi) is 6.59. The molecule has 34 heavy (non-hydrogen) atoms. The average molecular weight is 485 g/mol. The number of rotatable bonds is 7. The largest absolute Gasteiger partial charge is 0.495 e. The zero-order chi connectivity index (χ0) is 23.5. The molecule has 1 N–H and O–H groups in total. The molecule has 0 unspecified atom stereocenters. The van der Waals surface area contributed by atoms with Crippen molar-refractivity contribution in [1.29, 1.82) is 0 Å². The summed E-state index contributed by atoms with van der Waals surface area (Å²) in [5.41, 5.74) is 1.42. The van der Waals surface area contributed by atoms with E-state index in [0.29, 0.717) is 36.8 Å². The lowest BCUT2D eigenvalue weighted by Crippen LogP contribution is -2.48. The summed E-state index contributed by atoms with van der Waals surface area (Å²) in [4.78, 5) is 22.0. The minimum absolute atomic E-state index is 0.104. The summed E-state index contributed by atoms with van der Waals surface area (Å²) >= 11 is 1.63. The predicted octanol–water partition coefficient (Wildman–Crippen LogP) is 2.64. The third kappa shape index (κ3) is 4.55. The highest BCUT2D eigenvalue weighted by molar-refractivity contribution is 7.22. The van der Waals surface area contributed by atoms with Crippen LogP contribution in [0.1, 0.15) is 10.4 Å². The van der Waals surface area contributed by atoms with Gasteiger partial charge in [-0.15, -0.1) is 0 Å². The van der Waals surface area contributed by atoms with E-state index in [1.54, 1.807) is 43.8 Å². The van der Waals surface area contributed by atoms with Gasteiger partial charge in [-0.3, -0.25) is 9.69 Å². The van der Waals surface area contributed by atoms with Gasteiger partial charge in [-0.1, -0.05) is 11.3 Å². The van der Waals surface area contributed by atoms with Crippen molar-refractivity contribution in [2.24, 2.45) is 0 Å². The number of methoxy groups -OCH3 is 2. The van der Waals surface area contributed by atoms with E-state index >= 15 is 0 Å². The van der Waals surface area contributed by atoms with Crippen LogP contribution in [0.15, 0.2) is 30.3 Å². The Labute approximate surface area is 202 Å². The van der Waals surface area contributed by atoms with Crippen LogP contribution in [-0.4, -0.2) is 82.5 Å². The van der Waals surface area contributed by atoms with Crippen molar-refractivity contribution < 1.29 is 23.7 Å². The molecule has 1 aromatic heterocycles. The molecular formula is C24H28N4O5S. The quantitative estimate of drug-likeness (QED) is 0.548. The molecule has 9 nitrogen and oxygen atoms in total. The number of carbonyl (C=O) groups excluding carboxylic acids is 1. The highest BCUT2D eigenvalue weighted by Gasteiger charge is 2.22. The Hall–Kier alpha value is -3.24. The molecule has 2 aliphatic heterocycles. The van der Waals surface area contributed by atoms with Gasteiger partial charge in [0.1, 0.15) is 34.9 Å². The maximum Gasteiger partial charge on any atom is 0.251 e. The lowest BCUT2D eigenvalue weighted by molar-refractivity contribution is 0.0946. The number of nitrogens with one attached hydrogen (secondary N) is 1. The number of thiazole rings is 1. The predicted molar refractivity (Wildman–Crippen MR) is 131 cm³/mol. The summed E-state index contributed by atoms with van der Waals surface area (Å²) in [6.07, 6.45) is 0. The standard InChI is InChI=1S/C24H28N4O5S/c1-30-18-5-6-19(31-2)22-21(18)26-24(34-22)28-11-9-27(10-12-28)8-7-25-23(29)16-3-4-17-20(15-16)33-14-13-32-17/h3-6,15H,7-14H2,1-2H3,(H,25,29). The van der Waals surface area contributed by atoms with Gasteiger partial charge in [-0.25, -0.2) is 4.98 Å². The number of nitrogens with zero attached hydrogens (tertiary/aromatic N) is 3. The Morgan fingerprint density at radius 1 is 1.03 bits per heavy atom. The number of hydrogen-bond donors (Lipinski definition) is 1. The molecule has 3 heterocycles. The number of amides is 1. The van der Waals surface area contributed by atoms with E-state index in [9.17, 15) is 4.79 Å². The number of benzene rings is 2. The van der Waals surface area contributed by atoms with Crippen LogP contribution in [0.3, 0.4) is 0 Å². The third-order valence-corrected chi connectivity index (χ3v) is 7.19. The molecule has 2 aromatic carbocycles. The molecule has 0 radical (unpaired) electrons. The van der Waals surface area contributed by atoms with Crippen LogP contribution < -0.4 is 29.2 Å². The number of piperazine rings is 1. The van der Waals surface area contributed by atoms with Gasteiger partial charge in [-0.2, -0.15) is 0 Å². The Morgan fingerprint density at radius 2 is 1.76 bits per heavy atom. The van der Waals surface area contributed by atoms with Gasteiger partial charge >= 0.3 is 0 Å². The molecule has 0 spiro atoms. The van der Waals surface area contributed by atoms with Gasteiger partial charge in [0.05, 0.1) is 14.2 Å². The van der Waals surface area contributed by atoms with E-state index in [4.69, 9.17) is 23.9 Å². The second kappa shape index (κ2) is 9.94. The van der Waals surface area contributed by atoms with E-state index in [-0.39, 0.29) is 5.91 Å². The van der Waals surface area contributed by atoms with E-state index < -0.39 is 0 Å². The van der Waals surface area contributed by atoms with E-state index in [0.717, 1.165) is 59.6 Å². The average Bonchev–Trinajstić information content (AvgIpc) is 3.34. The van der Waals surface area contributed by atoms with Crippen LogP contribution in [0.2, 0.25) is 0 Å².